The Morgan fingerprint density at radius 2 is 1.77 bits per heavy atom. The van der Waals surface area contributed by atoms with Gasteiger partial charge in [0.1, 0.15) is 5.52 Å². The van der Waals surface area contributed by atoms with Crippen LogP contribution in [0.3, 0.4) is 0 Å². The van der Waals surface area contributed by atoms with Gasteiger partial charge in [0, 0.05) is 30.4 Å². The van der Waals surface area contributed by atoms with Crippen LogP contribution in [0.5, 0.6) is 0 Å². The van der Waals surface area contributed by atoms with Crippen LogP contribution >= 0.6 is 0 Å². The van der Waals surface area contributed by atoms with E-state index in [9.17, 15) is 9.59 Å². The molecule has 0 bridgehead atoms. The highest BCUT2D eigenvalue weighted by molar-refractivity contribution is 6.09. The lowest BCUT2D eigenvalue weighted by Gasteiger charge is -2.09. The van der Waals surface area contributed by atoms with Gasteiger partial charge in [-0.1, -0.05) is 36.4 Å². The fourth-order valence-electron chi connectivity index (χ4n) is 3.36. The highest BCUT2D eigenvalue weighted by atomic mass is 16.1. The zero-order valence-corrected chi connectivity index (χ0v) is 14.6. The van der Waals surface area contributed by atoms with Gasteiger partial charge in [-0.25, -0.2) is 0 Å². The molecular formula is C20H18N4O2. The van der Waals surface area contributed by atoms with Gasteiger partial charge in [0.2, 0.25) is 5.91 Å². The first kappa shape index (κ1) is 16.1. The summed E-state index contributed by atoms with van der Waals surface area (Å²) in [6.07, 6.45) is 0.105. The standard InChI is InChI=1S/C20H18N4O2/c1-21-17(25)12-15-18-14-10-6-7-11-16(14)23(2)19(18)20(26)24(22-15)13-8-4-3-5-9-13/h3-11H,12H2,1-2H3,(H,21,25). The Labute approximate surface area is 149 Å². The molecule has 4 aromatic rings. The van der Waals surface area contributed by atoms with Crippen LogP contribution in [0.25, 0.3) is 27.5 Å². The largest absolute Gasteiger partial charge is 0.359 e. The number of hydrogen-bond donors (Lipinski definition) is 1. The van der Waals surface area contributed by atoms with Gasteiger partial charge in [-0.05, 0) is 18.2 Å². The zero-order chi connectivity index (χ0) is 18.3. The maximum Gasteiger partial charge on any atom is 0.296 e. The summed E-state index contributed by atoms with van der Waals surface area (Å²) in [6.45, 7) is 0. The number of amides is 1. The van der Waals surface area contributed by atoms with E-state index in [2.05, 4.69) is 10.4 Å². The van der Waals surface area contributed by atoms with Gasteiger partial charge < -0.3 is 9.88 Å². The van der Waals surface area contributed by atoms with E-state index < -0.39 is 0 Å². The number of carbonyl (C=O) groups is 1. The van der Waals surface area contributed by atoms with Crippen LogP contribution in [0.4, 0.5) is 0 Å². The summed E-state index contributed by atoms with van der Waals surface area (Å²) in [7, 11) is 3.46. The van der Waals surface area contributed by atoms with Gasteiger partial charge >= 0.3 is 0 Å². The van der Waals surface area contributed by atoms with Gasteiger partial charge in [0.15, 0.2) is 0 Å². The molecule has 0 atom stereocenters. The summed E-state index contributed by atoms with van der Waals surface area (Å²) in [5.74, 6) is -0.148. The molecule has 26 heavy (non-hydrogen) atoms. The van der Waals surface area contributed by atoms with E-state index in [1.54, 1.807) is 7.05 Å². The minimum absolute atomic E-state index is 0.105. The highest BCUT2D eigenvalue weighted by Gasteiger charge is 2.20. The van der Waals surface area contributed by atoms with E-state index >= 15 is 0 Å². The number of nitrogens with one attached hydrogen (secondary N) is 1. The first-order valence-corrected chi connectivity index (χ1v) is 8.37. The Hall–Kier alpha value is -3.41. The second-order valence-corrected chi connectivity index (χ2v) is 6.15. The molecule has 0 saturated carbocycles. The summed E-state index contributed by atoms with van der Waals surface area (Å²) in [5, 5.41) is 8.85. The number of fused-ring (bicyclic) bond motifs is 3. The lowest BCUT2D eigenvalue weighted by atomic mass is 10.1. The van der Waals surface area contributed by atoms with Crippen molar-refractivity contribution in [1.82, 2.24) is 19.7 Å². The lowest BCUT2D eigenvalue weighted by molar-refractivity contribution is -0.120. The van der Waals surface area contributed by atoms with Crippen LogP contribution in [0.15, 0.2) is 59.4 Å². The average Bonchev–Trinajstić information content (AvgIpc) is 2.98. The average molecular weight is 346 g/mol. The van der Waals surface area contributed by atoms with Crippen LogP contribution in [0.1, 0.15) is 5.69 Å². The number of carbonyl (C=O) groups excluding carboxylic acids is 1. The number of hydrogen-bond acceptors (Lipinski definition) is 3. The van der Waals surface area contributed by atoms with Crippen LogP contribution in [0, 0.1) is 0 Å². The van der Waals surface area contributed by atoms with Crippen molar-refractivity contribution in [2.75, 3.05) is 7.05 Å². The Balaban J connectivity index is 2.15. The molecule has 0 spiro atoms. The van der Waals surface area contributed by atoms with Gasteiger partial charge in [-0.2, -0.15) is 9.78 Å². The van der Waals surface area contributed by atoms with Gasteiger partial charge in [-0.15, -0.1) is 0 Å². The van der Waals surface area contributed by atoms with Crippen LogP contribution in [-0.2, 0) is 18.3 Å². The van der Waals surface area contributed by atoms with Crippen LogP contribution < -0.4 is 10.9 Å². The van der Waals surface area contributed by atoms with E-state index in [4.69, 9.17) is 0 Å². The first-order valence-electron chi connectivity index (χ1n) is 8.37. The zero-order valence-electron chi connectivity index (χ0n) is 14.6. The molecule has 1 amide bonds. The molecule has 0 aliphatic carbocycles. The van der Waals surface area contributed by atoms with Gasteiger partial charge in [0.25, 0.3) is 5.56 Å². The van der Waals surface area contributed by atoms with Crippen molar-refractivity contribution in [1.29, 1.82) is 0 Å². The maximum atomic E-state index is 13.2. The SMILES string of the molecule is CNC(=O)Cc1nn(-c2ccccc2)c(=O)c2c1c1ccccc1n2C. The van der Waals surface area contributed by atoms with Crippen molar-refractivity contribution >= 4 is 27.7 Å². The molecule has 4 rings (SSSR count). The van der Waals surface area contributed by atoms with Gasteiger partial charge in [-0.3, -0.25) is 9.59 Å². The molecule has 0 radical (unpaired) electrons. The fraction of sp³-hybridized carbons (Fsp3) is 0.150. The van der Waals surface area contributed by atoms with Crippen molar-refractivity contribution in [2.24, 2.45) is 7.05 Å². The van der Waals surface area contributed by atoms with E-state index in [1.165, 1.54) is 4.68 Å². The Kier molecular flexibility index (Phi) is 3.80. The summed E-state index contributed by atoms with van der Waals surface area (Å²) in [6, 6.07) is 17.0. The maximum absolute atomic E-state index is 13.2. The fourth-order valence-corrected chi connectivity index (χ4v) is 3.36. The van der Waals surface area contributed by atoms with E-state index in [1.807, 2.05) is 66.2 Å². The molecule has 0 aliphatic rings. The molecule has 0 fully saturated rings. The van der Waals surface area contributed by atoms with Crippen LogP contribution in [-0.4, -0.2) is 27.3 Å². The molecule has 0 saturated heterocycles. The predicted molar refractivity (Wildman–Crippen MR) is 102 cm³/mol. The molecule has 130 valence electrons. The summed E-state index contributed by atoms with van der Waals surface area (Å²) >= 11 is 0. The monoisotopic (exact) mass is 346 g/mol. The van der Waals surface area contributed by atoms with E-state index in [0.29, 0.717) is 16.9 Å². The van der Waals surface area contributed by atoms with E-state index in [-0.39, 0.29) is 17.9 Å². The van der Waals surface area contributed by atoms with Crippen molar-refractivity contribution in [3.63, 3.8) is 0 Å². The van der Waals surface area contributed by atoms with Crippen molar-refractivity contribution < 1.29 is 4.79 Å². The summed E-state index contributed by atoms with van der Waals surface area (Å²) in [5.41, 5.74) is 2.53. The van der Waals surface area contributed by atoms with Crippen molar-refractivity contribution in [3.05, 3.63) is 70.6 Å². The predicted octanol–water partition coefficient (Wildman–Crippen LogP) is 2.17. The molecule has 0 unspecified atom stereocenters. The molecule has 1 N–H and O–H groups in total. The highest BCUT2D eigenvalue weighted by Crippen LogP contribution is 2.28. The minimum atomic E-state index is -0.203. The third kappa shape index (κ3) is 2.38. The topological polar surface area (TPSA) is 68.9 Å². The molecule has 6 nitrogen and oxygen atoms in total. The normalized spacial score (nSPS) is 11.2. The number of aryl methyl sites for hydroxylation is 1. The van der Waals surface area contributed by atoms with E-state index in [0.717, 1.165) is 16.3 Å². The molecule has 2 aromatic heterocycles. The third-order valence-electron chi connectivity index (χ3n) is 4.62. The van der Waals surface area contributed by atoms with Crippen LogP contribution in [0.2, 0.25) is 0 Å². The molecule has 6 heteroatoms. The van der Waals surface area contributed by atoms with Crippen molar-refractivity contribution in [2.45, 2.75) is 6.42 Å². The number of likely N-dealkylation sites (N-methyl/N-ethyl adjacent to an activating group) is 1. The summed E-state index contributed by atoms with van der Waals surface area (Å²) in [4.78, 5) is 25.3. The quantitative estimate of drug-likeness (QED) is 0.618. The Bertz CT molecular complexity index is 1190. The number of benzene rings is 2. The third-order valence-corrected chi connectivity index (χ3v) is 4.62. The molecule has 0 aliphatic heterocycles. The second-order valence-electron chi connectivity index (χ2n) is 6.15. The second kappa shape index (κ2) is 6.15. The number of rotatable bonds is 3. The smallest absolute Gasteiger partial charge is 0.296 e. The van der Waals surface area contributed by atoms with Gasteiger partial charge in [0.05, 0.1) is 17.8 Å². The Morgan fingerprint density at radius 1 is 1.08 bits per heavy atom. The first-order chi connectivity index (χ1) is 12.6. The number of nitrogens with zero attached hydrogens (tertiary/aromatic N) is 3. The Morgan fingerprint density at radius 3 is 2.50 bits per heavy atom. The summed E-state index contributed by atoms with van der Waals surface area (Å²) < 4.78 is 3.25. The van der Waals surface area contributed by atoms with Crippen molar-refractivity contribution in [3.8, 4) is 5.69 Å². The molecule has 2 aromatic carbocycles. The number of aromatic nitrogens is 3. The molecular weight excluding hydrogens is 328 g/mol. The lowest BCUT2D eigenvalue weighted by Crippen LogP contribution is -2.27. The molecule has 2 heterocycles. The minimum Gasteiger partial charge on any atom is -0.359 e. The number of para-hydroxylation sites is 2.